The van der Waals surface area contributed by atoms with Gasteiger partial charge in [-0.1, -0.05) is 24.8 Å². The molecule has 1 aliphatic heterocycles. The van der Waals surface area contributed by atoms with Gasteiger partial charge in [0.2, 0.25) is 0 Å². The van der Waals surface area contributed by atoms with Crippen molar-refractivity contribution in [2.45, 2.75) is 50.5 Å². The number of aromatic nitrogens is 2. The quantitative estimate of drug-likeness (QED) is 0.563. The predicted molar refractivity (Wildman–Crippen MR) is 116 cm³/mol. The lowest BCUT2D eigenvalue weighted by Crippen LogP contribution is -2.35. The van der Waals surface area contributed by atoms with Gasteiger partial charge in [-0.3, -0.25) is 0 Å². The Labute approximate surface area is 184 Å². The molecule has 1 aromatic carbocycles. The fraction of sp³-hybridized carbons (Fsp3) is 0.333. The number of aliphatic hydroxyl groups is 4. The lowest BCUT2D eigenvalue weighted by atomic mass is 9.93. The molecule has 1 aliphatic carbocycles. The van der Waals surface area contributed by atoms with E-state index < -0.39 is 36.3 Å². The number of rotatable bonds is 5. The molecule has 0 amide bonds. The van der Waals surface area contributed by atoms with Gasteiger partial charge >= 0.3 is 0 Å². The summed E-state index contributed by atoms with van der Waals surface area (Å²) in [6, 6.07) is 4.10. The highest BCUT2D eigenvalue weighted by Gasteiger charge is 2.45. The Balaban J connectivity index is 1.60. The Kier molecular flexibility index (Phi) is 6.32. The molecule has 2 heterocycles. The molecule has 8 heteroatoms. The highest BCUT2D eigenvalue weighted by Crippen LogP contribution is 2.36. The van der Waals surface area contributed by atoms with Crippen LogP contribution in [0.1, 0.15) is 47.5 Å². The number of nitrogens with zero attached hydrogens (tertiary/aromatic N) is 2. The molecule has 4 N–H and O–H groups in total. The van der Waals surface area contributed by atoms with E-state index in [-0.39, 0.29) is 12.2 Å². The summed E-state index contributed by atoms with van der Waals surface area (Å²) in [5.41, 5.74) is 3.65. The van der Waals surface area contributed by atoms with Crippen LogP contribution in [0.3, 0.4) is 0 Å². The van der Waals surface area contributed by atoms with Crippen LogP contribution in [-0.2, 0) is 11.3 Å². The molecule has 0 bridgehead atoms. The zero-order valence-electron chi connectivity index (χ0n) is 17.5. The van der Waals surface area contributed by atoms with Crippen molar-refractivity contribution < 1.29 is 29.6 Å². The minimum absolute atomic E-state index is 0.234. The van der Waals surface area contributed by atoms with E-state index in [1.807, 2.05) is 12.2 Å². The third-order valence-corrected chi connectivity index (χ3v) is 5.85. The van der Waals surface area contributed by atoms with Crippen molar-refractivity contribution in [2.24, 2.45) is 0 Å². The largest absolute Gasteiger partial charge is 0.390 e. The number of hydrogen-bond donors (Lipinski definition) is 4. The van der Waals surface area contributed by atoms with Crippen LogP contribution >= 0.6 is 0 Å². The van der Waals surface area contributed by atoms with Gasteiger partial charge in [0.15, 0.2) is 0 Å². The first-order valence-corrected chi connectivity index (χ1v) is 10.3. The number of ether oxygens (including phenoxy) is 1. The van der Waals surface area contributed by atoms with Gasteiger partial charge in [-0.25, -0.2) is 14.4 Å². The van der Waals surface area contributed by atoms with E-state index >= 15 is 0 Å². The zero-order valence-corrected chi connectivity index (χ0v) is 17.5. The summed E-state index contributed by atoms with van der Waals surface area (Å²) in [7, 11) is 0. The summed E-state index contributed by atoms with van der Waals surface area (Å²) in [4.78, 5) is 8.37. The Morgan fingerprint density at radius 3 is 2.81 bits per heavy atom. The van der Waals surface area contributed by atoms with E-state index in [2.05, 4.69) is 16.5 Å². The third-order valence-electron chi connectivity index (χ3n) is 5.85. The van der Waals surface area contributed by atoms with Crippen LogP contribution in [0.2, 0.25) is 0 Å². The molecule has 7 nitrogen and oxygen atoms in total. The van der Waals surface area contributed by atoms with Crippen molar-refractivity contribution in [3.63, 3.8) is 0 Å². The maximum Gasteiger partial charge on any atom is 0.130 e. The molecule has 1 saturated heterocycles. The standard InChI is InChI=1S/C24H25FN2O5/c1-12(2)16-8-14(6-7-17(16)25)21(29)24-23(31)22(30)19(32-24)9-13-4-3-5-15-18(10-28)26-11-27-20(13)15/h3,5-9,11,19,21-24,28-31H,1,4,10H2,2H3/b13-9-. The molecule has 0 spiro atoms. The van der Waals surface area contributed by atoms with Gasteiger partial charge in [0.05, 0.1) is 18.0 Å². The van der Waals surface area contributed by atoms with Crippen LogP contribution < -0.4 is 0 Å². The van der Waals surface area contributed by atoms with E-state index in [4.69, 9.17) is 4.74 Å². The first-order chi connectivity index (χ1) is 15.3. The van der Waals surface area contributed by atoms with Gasteiger partial charge in [-0.05, 0) is 48.3 Å². The second-order valence-corrected chi connectivity index (χ2v) is 8.05. The van der Waals surface area contributed by atoms with Gasteiger partial charge in [0.1, 0.15) is 42.7 Å². The normalized spacial score (nSPS) is 26.9. The Bertz CT molecular complexity index is 1100. The molecule has 168 valence electrons. The van der Waals surface area contributed by atoms with Crippen molar-refractivity contribution >= 4 is 17.2 Å². The number of halogens is 1. The Morgan fingerprint density at radius 1 is 1.31 bits per heavy atom. The highest BCUT2D eigenvalue weighted by molar-refractivity contribution is 5.78. The highest BCUT2D eigenvalue weighted by atomic mass is 19.1. The fourth-order valence-electron chi connectivity index (χ4n) is 4.11. The Hall–Kier alpha value is -2.75. The SMILES string of the molecule is C=C(C)c1cc(C(O)C2OC(/C=C3/CC=Cc4c(CO)ncnc43)C(O)C2O)ccc1F. The second kappa shape index (κ2) is 9.01. The monoisotopic (exact) mass is 440 g/mol. The third kappa shape index (κ3) is 4.03. The number of aliphatic hydroxyl groups excluding tert-OH is 4. The number of benzene rings is 1. The van der Waals surface area contributed by atoms with E-state index in [9.17, 15) is 24.8 Å². The van der Waals surface area contributed by atoms with Crippen molar-refractivity contribution in [3.05, 3.63) is 77.2 Å². The summed E-state index contributed by atoms with van der Waals surface area (Å²) in [6.45, 7) is 5.16. The van der Waals surface area contributed by atoms with Crippen molar-refractivity contribution in [1.82, 2.24) is 9.97 Å². The van der Waals surface area contributed by atoms with E-state index in [0.29, 0.717) is 34.5 Å². The predicted octanol–water partition coefficient (Wildman–Crippen LogP) is 2.16. The smallest absolute Gasteiger partial charge is 0.130 e. The van der Waals surface area contributed by atoms with Crippen LogP contribution in [0.5, 0.6) is 0 Å². The average molecular weight is 440 g/mol. The average Bonchev–Trinajstić information content (AvgIpc) is 3.07. The van der Waals surface area contributed by atoms with Gasteiger partial charge in [0, 0.05) is 11.1 Å². The summed E-state index contributed by atoms with van der Waals surface area (Å²) in [6.07, 6.45) is 1.32. The molecule has 0 saturated carbocycles. The molecule has 1 aromatic heterocycles. The first-order valence-electron chi connectivity index (χ1n) is 10.3. The Morgan fingerprint density at radius 2 is 2.09 bits per heavy atom. The molecule has 5 atom stereocenters. The lowest BCUT2D eigenvalue weighted by molar-refractivity contribution is -0.0595. The van der Waals surface area contributed by atoms with Crippen LogP contribution in [0.4, 0.5) is 4.39 Å². The number of fused-ring (bicyclic) bond motifs is 1. The zero-order chi connectivity index (χ0) is 23.0. The maximum absolute atomic E-state index is 14.0. The number of allylic oxidation sites excluding steroid dienone is 3. The molecular weight excluding hydrogens is 415 g/mol. The van der Waals surface area contributed by atoms with Crippen molar-refractivity contribution in [1.29, 1.82) is 0 Å². The van der Waals surface area contributed by atoms with Gasteiger partial charge in [-0.2, -0.15) is 0 Å². The first kappa shape index (κ1) is 22.4. The molecule has 32 heavy (non-hydrogen) atoms. The van der Waals surface area contributed by atoms with Gasteiger partial charge < -0.3 is 25.2 Å². The van der Waals surface area contributed by atoms with Gasteiger partial charge in [0.25, 0.3) is 0 Å². The minimum atomic E-state index is -1.36. The topological polar surface area (TPSA) is 116 Å². The molecular formula is C24H25FN2O5. The van der Waals surface area contributed by atoms with Crippen LogP contribution in [0.15, 0.2) is 43.3 Å². The molecule has 5 unspecified atom stereocenters. The molecule has 2 aromatic rings. The summed E-state index contributed by atoms with van der Waals surface area (Å²) in [5.74, 6) is -0.461. The minimum Gasteiger partial charge on any atom is -0.390 e. The van der Waals surface area contributed by atoms with E-state index in [1.165, 1.54) is 24.5 Å². The molecule has 0 radical (unpaired) electrons. The fourth-order valence-corrected chi connectivity index (χ4v) is 4.11. The van der Waals surface area contributed by atoms with E-state index in [0.717, 1.165) is 5.57 Å². The van der Waals surface area contributed by atoms with Gasteiger partial charge in [-0.15, -0.1) is 0 Å². The summed E-state index contributed by atoms with van der Waals surface area (Å²) in [5, 5.41) is 41.5. The van der Waals surface area contributed by atoms with Crippen molar-refractivity contribution in [3.8, 4) is 0 Å². The number of hydrogen-bond acceptors (Lipinski definition) is 7. The summed E-state index contributed by atoms with van der Waals surface area (Å²) >= 11 is 0. The molecule has 2 aliphatic rings. The summed E-state index contributed by atoms with van der Waals surface area (Å²) < 4.78 is 19.8. The van der Waals surface area contributed by atoms with Crippen LogP contribution in [0.25, 0.3) is 17.2 Å². The van der Waals surface area contributed by atoms with E-state index in [1.54, 1.807) is 13.0 Å². The lowest BCUT2D eigenvalue weighted by Gasteiger charge is -2.22. The van der Waals surface area contributed by atoms with Crippen molar-refractivity contribution in [2.75, 3.05) is 0 Å². The molecule has 1 fully saturated rings. The molecule has 4 rings (SSSR count). The van der Waals surface area contributed by atoms with Crippen LogP contribution in [0, 0.1) is 5.82 Å². The van der Waals surface area contributed by atoms with Crippen LogP contribution in [-0.4, -0.2) is 54.8 Å². The maximum atomic E-state index is 14.0. The second-order valence-electron chi connectivity index (χ2n) is 8.05.